The van der Waals surface area contributed by atoms with Crippen LogP contribution in [0.1, 0.15) is 142 Å². The molecule has 0 bridgehead atoms. The summed E-state index contributed by atoms with van der Waals surface area (Å²) in [7, 11) is 4.37. The van der Waals surface area contributed by atoms with Crippen molar-refractivity contribution in [3.63, 3.8) is 0 Å². The Labute approximate surface area is 251 Å². The van der Waals surface area contributed by atoms with Crippen molar-refractivity contribution in [2.45, 2.75) is 142 Å². The second-order valence-electron chi connectivity index (χ2n) is 12.7. The third-order valence-electron chi connectivity index (χ3n) is 8.18. The second kappa shape index (κ2) is 28.9. The minimum absolute atomic E-state index is 0.734. The van der Waals surface area contributed by atoms with E-state index in [-0.39, 0.29) is 0 Å². The summed E-state index contributed by atoms with van der Waals surface area (Å²) >= 11 is 0. The van der Waals surface area contributed by atoms with Crippen LogP contribution in [0.2, 0.25) is 0 Å². The minimum atomic E-state index is 0.734. The summed E-state index contributed by atoms with van der Waals surface area (Å²) < 4.78 is 11.9. The standard InChI is InChI=1S/C34H72N4O2/c1-5-7-9-11-13-15-17-19-28-39-30-22-26-37-32-34(24-21-25-36(3)4)33-38(35-37)27-23-31-40-29-20-18-16-14-12-10-8-6-2/h34-35H,5-33H2,1-4H3. The highest BCUT2D eigenvalue weighted by molar-refractivity contribution is 4.73. The zero-order valence-corrected chi connectivity index (χ0v) is 27.7. The van der Waals surface area contributed by atoms with Crippen LogP contribution in [-0.4, -0.2) is 88.2 Å². The SMILES string of the molecule is CCCCCCCCCCOCCCN1CC(CCCN(C)C)CN(CCCOCCCCCCCCCC)N1. The fourth-order valence-corrected chi connectivity index (χ4v) is 5.72. The van der Waals surface area contributed by atoms with Crippen LogP contribution in [0.25, 0.3) is 0 Å². The smallest absolute Gasteiger partial charge is 0.0478 e. The maximum Gasteiger partial charge on any atom is 0.0478 e. The summed E-state index contributed by atoms with van der Waals surface area (Å²) in [5, 5.41) is 4.90. The van der Waals surface area contributed by atoms with Crippen molar-refractivity contribution in [1.82, 2.24) is 20.5 Å². The topological polar surface area (TPSA) is 40.2 Å². The Morgan fingerprint density at radius 1 is 0.550 bits per heavy atom. The summed E-state index contributed by atoms with van der Waals surface area (Å²) in [5.41, 5.74) is 3.71. The molecular formula is C34H72N4O2. The molecule has 0 amide bonds. The average molecular weight is 569 g/mol. The lowest BCUT2D eigenvalue weighted by molar-refractivity contribution is -0.0526. The number of nitrogens with one attached hydrogen (secondary N) is 1. The molecule has 240 valence electrons. The molecule has 0 aliphatic carbocycles. The molecular weight excluding hydrogens is 496 g/mol. The van der Waals surface area contributed by atoms with Crippen LogP contribution >= 0.6 is 0 Å². The van der Waals surface area contributed by atoms with Gasteiger partial charge in [0.15, 0.2) is 0 Å². The molecule has 1 rings (SSSR count). The van der Waals surface area contributed by atoms with Crippen molar-refractivity contribution in [2.75, 3.05) is 73.2 Å². The molecule has 1 N–H and O–H groups in total. The van der Waals surface area contributed by atoms with Crippen LogP contribution < -0.4 is 5.53 Å². The fraction of sp³-hybridized carbons (Fsp3) is 1.00. The monoisotopic (exact) mass is 569 g/mol. The predicted octanol–water partition coefficient (Wildman–Crippen LogP) is 8.08. The molecule has 0 radical (unpaired) electrons. The molecule has 0 saturated carbocycles. The van der Waals surface area contributed by atoms with Gasteiger partial charge in [-0.3, -0.25) is 0 Å². The normalized spacial score (nSPS) is 15.5. The maximum atomic E-state index is 5.97. The summed E-state index contributed by atoms with van der Waals surface area (Å²) in [4.78, 5) is 2.31. The van der Waals surface area contributed by atoms with E-state index in [1.807, 2.05) is 0 Å². The van der Waals surface area contributed by atoms with Gasteiger partial charge in [-0.15, -0.1) is 0 Å². The van der Waals surface area contributed by atoms with Crippen molar-refractivity contribution < 1.29 is 9.47 Å². The van der Waals surface area contributed by atoms with Gasteiger partial charge in [0.2, 0.25) is 0 Å². The van der Waals surface area contributed by atoms with E-state index in [0.717, 1.165) is 71.4 Å². The number of hydrazine groups is 2. The Kier molecular flexibility index (Phi) is 27.3. The Bertz CT molecular complexity index is 472. The van der Waals surface area contributed by atoms with Crippen LogP contribution in [-0.2, 0) is 9.47 Å². The highest BCUT2D eigenvalue weighted by atomic mass is 16.5. The summed E-state index contributed by atoms with van der Waals surface area (Å²) in [6.07, 6.45) is 26.6. The van der Waals surface area contributed by atoms with Crippen molar-refractivity contribution in [2.24, 2.45) is 5.92 Å². The highest BCUT2D eigenvalue weighted by Crippen LogP contribution is 2.16. The third-order valence-corrected chi connectivity index (χ3v) is 8.18. The van der Waals surface area contributed by atoms with Crippen LogP contribution in [0.5, 0.6) is 0 Å². The van der Waals surface area contributed by atoms with Crippen molar-refractivity contribution in [1.29, 1.82) is 0 Å². The molecule has 1 heterocycles. The van der Waals surface area contributed by atoms with Gasteiger partial charge < -0.3 is 14.4 Å². The van der Waals surface area contributed by atoms with Crippen molar-refractivity contribution in [3.05, 3.63) is 0 Å². The van der Waals surface area contributed by atoms with Gasteiger partial charge in [-0.25, -0.2) is 10.0 Å². The second-order valence-corrected chi connectivity index (χ2v) is 12.7. The molecule has 0 aromatic heterocycles. The first-order valence-corrected chi connectivity index (χ1v) is 17.7. The third kappa shape index (κ3) is 24.4. The lowest BCUT2D eigenvalue weighted by atomic mass is 10.0. The van der Waals surface area contributed by atoms with E-state index in [0.29, 0.717) is 0 Å². The molecule has 0 aromatic rings. The lowest BCUT2D eigenvalue weighted by Crippen LogP contribution is -2.59. The minimum Gasteiger partial charge on any atom is -0.381 e. The van der Waals surface area contributed by atoms with Crippen LogP contribution in [0, 0.1) is 5.92 Å². The molecule has 0 atom stereocenters. The first-order valence-electron chi connectivity index (χ1n) is 17.7. The predicted molar refractivity (Wildman–Crippen MR) is 174 cm³/mol. The van der Waals surface area contributed by atoms with Crippen LogP contribution in [0.4, 0.5) is 0 Å². The number of ether oxygens (including phenoxy) is 2. The maximum absolute atomic E-state index is 5.97. The number of nitrogens with zero attached hydrogens (tertiary/aromatic N) is 3. The zero-order valence-electron chi connectivity index (χ0n) is 27.7. The van der Waals surface area contributed by atoms with E-state index in [9.17, 15) is 0 Å². The Morgan fingerprint density at radius 3 is 1.38 bits per heavy atom. The summed E-state index contributed by atoms with van der Waals surface area (Å²) in [6, 6.07) is 0. The van der Waals surface area contributed by atoms with E-state index in [2.05, 4.69) is 48.4 Å². The first-order chi connectivity index (χ1) is 19.7. The van der Waals surface area contributed by atoms with Gasteiger partial charge in [-0.2, -0.15) is 5.53 Å². The number of rotatable bonds is 30. The number of hydrogen-bond acceptors (Lipinski definition) is 6. The zero-order chi connectivity index (χ0) is 28.9. The van der Waals surface area contributed by atoms with E-state index in [1.165, 1.54) is 122 Å². The van der Waals surface area contributed by atoms with Gasteiger partial charge in [-0.05, 0) is 65.1 Å². The molecule has 1 saturated heterocycles. The molecule has 0 unspecified atom stereocenters. The fourth-order valence-electron chi connectivity index (χ4n) is 5.72. The van der Waals surface area contributed by atoms with Crippen LogP contribution in [0.3, 0.4) is 0 Å². The molecule has 0 spiro atoms. The van der Waals surface area contributed by atoms with Crippen molar-refractivity contribution in [3.8, 4) is 0 Å². The number of hydrogen-bond donors (Lipinski definition) is 1. The van der Waals surface area contributed by atoms with Crippen LogP contribution in [0.15, 0.2) is 0 Å². The van der Waals surface area contributed by atoms with Crippen molar-refractivity contribution >= 4 is 0 Å². The molecule has 1 aliphatic heterocycles. The Hall–Kier alpha value is -0.240. The van der Waals surface area contributed by atoms with Gasteiger partial charge in [0, 0.05) is 52.6 Å². The van der Waals surface area contributed by atoms with Gasteiger partial charge >= 0.3 is 0 Å². The molecule has 6 heteroatoms. The van der Waals surface area contributed by atoms with E-state index >= 15 is 0 Å². The quantitative estimate of drug-likeness (QED) is 0.0884. The molecule has 0 aromatic carbocycles. The van der Waals surface area contributed by atoms with E-state index < -0.39 is 0 Å². The largest absolute Gasteiger partial charge is 0.381 e. The molecule has 40 heavy (non-hydrogen) atoms. The van der Waals surface area contributed by atoms with E-state index in [1.54, 1.807) is 0 Å². The van der Waals surface area contributed by atoms with Gasteiger partial charge in [-0.1, -0.05) is 104 Å². The van der Waals surface area contributed by atoms with E-state index in [4.69, 9.17) is 9.47 Å². The average Bonchev–Trinajstić information content (AvgIpc) is 2.94. The molecule has 1 aliphatic rings. The number of unbranched alkanes of at least 4 members (excludes halogenated alkanes) is 14. The summed E-state index contributed by atoms with van der Waals surface area (Å²) in [6.45, 7) is 13.8. The molecule has 6 nitrogen and oxygen atoms in total. The lowest BCUT2D eigenvalue weighted by Gasteiger charge is -2.41. The van der Waals surface area contributed by atoms with Gasteiger partial charge in [0.05, 0.1) is 0 Å². The van der Waals surface area contributed by atoms with Gasteiger partial charge in [0.25, 0.3) is 0 Å². The molecule has 1 fully saturated rings. The highest BCUT2D eigenvalue weighted by Gasteiger charge is 2.24. The summed E-state index contributed by atoms with van der Waals surface area (Å²) in [5.74, 6) is 0.734. The Balaban J connectivity index is 2.14. The van der Waals surface area contributed by atoms with Gasteiger partial charge in [0.1, 0.15) is 0 Å². The Morgan fingerprint density at radius 2 is 0.950 bits per heavy atom. The first kappa shape index (κ1) is 37.8.